The summed E-state index contributed by atoms with van der Waals surface area (Å²) >= 11 is 6.84. The molecule has 1 aliphatic rings. The minimum absolute atomic E-state index is 0.102. The van der Waals surface area contributed by atoms with E-state index >= 15 is 0 Å². The minimum Gasteiger partial charge on any atom is -0.389 e. The summed E-state index contributed by atoms with van der Waals surface area (Å²) in [5.41, 5.74) is 6.57. The highest BCUT2D eigenvalue weighted by atomic mass is 32.2. The number of anilines is 1. The van der Waals surface area contributed by atoms with Crippen molar-refractivity contribution < 1.29 is 4.39 Å². The van der Waals surface area contributed by atoms with E-state index in [2.05, 4.69) is 5.32 Å². The summed E-state index contributed by atoms with van der Waals surface area (Å²) < 4.78 is 13.6. The first-order valence-corrected chi connectivity index (χ1v) is 7.08. The molecule has 0 saturated carbocycles. The van der Waals surface area contributed by atoms with Gasteiger partial charge >= 0.3 is 0 Å². The van der Waals surface area contributed by atoms with Crippen LogP contribution in [-0.4, -0.2) is 22.5 Å². The Balaban J connectivity index is 2.09. The third-order valence-electron chi connectivity index (χ3n) is 2.80. The van der Waals surface area contributed by atoms with Crippen molar-refractivity contribution in [2.24, 2.45) is 5.73 Å². The highest BCUT2D eigenvalue weighted by Crippen LogP contribution is 2.27. The SMILES string of the molecule is NC(=S)c1c(F)cccc1NCC1CCCS1. The zero-order chi connectivity index (χ0) is 12.3. The zero-order valence-electron chi connectivity index (χ0n) is 9.41. The number of thioether (sulfide) groups is 1. The van der Waals surface area contributed by atoms with Crippen LogP contribution >= 0.6 is 24.0 Å². The van der Waals surface area contributed by atoms with Crippen LogP contribution in [0.5, 0.6) is 0 Å². The fourth-order valence-corrected chi connectivity index (χ4v) is 3.36. The van der Waals surface area contributed by atoms with Crippen molar-refractivity contribution in [2.45, 2.75) is 18.1 Å². The van der Waals surface area contributed by atoms with Gasteiger partial charge in [0.1, 0.15) is 10.8 Å². The zero-order valence-corrected chi connectivity index (χ0v) is 11.0. The molecule has 0 bridgehead atoms. The summed E-state index contributed by atoms with van der Waals surface area (Å²) in [5, 5.41) is 3.86. The van der Waals surface area contributed by atoms with Crippen LogP contribution < -0.4 is 11.1 Å². The van der Waals surface area contributed by atoms with Crippen LogP contribution in [0, 0.1) is 5.82 Å². The first-order chi connectivity index (χ1) is 8.18. The molecular formula is C12H15FN2S2. The molecule has 1 aliphatic heterocycles. The molecule has 5 heteroatoms. The van der Waals surface area contributed by atoms with Crippen molar-refractivity contribution in [3.05, 3.63) is 29.6 Å². The second-order valence-corrected chi connectivity index (χ2v) is 5.89. The van der Waals surface area contributed by atoms with E-state index in [1.54, 1.807) is 6.07 Å². The van der Waals surface area contributed by atoms with E-state index in [9.17, 15) is 4.39 Å². The summed E-state index contributed by atoms with van der Waals surface area (Å²) in [6.45, 7) is 0.837. The van der Waals surface area contributed by atoms with Crippen LogP contribution in [0.3, 0.4) is 0 Å². The fraction of sp³-hybridized carbons (Fsp3) is 0.417. The van der Waals surface area contributed by atoms with E-state index in [0.29, 0.717) is 16.5 Å². The molecule has 0 radical (unpaired) electrons. The highest BCUT2D eigenvalue weighted by molar-refractivity contribution is 8.00. The highest BCUT2D eigenvalue weighted by Gasteiger charge is 2.17. The number of benzene rings is 1. The maximum Gasteiger partial charge on any atom is 0.135 e. The van der Waals surface area contributed by atoms with Gasteiger partial charge in [0, 0.05) is 17.5 Å². The third-order valence-corrected chi connectivity index (χ3v) is 4.41. The van der Waals surface area contributed by atoms with Gasteiger partial charge in [0.15, 0.2) is 0 Å². The van der Waals surface area contributed by atoms with E-state index in [0.717, 1.165) is 6.54 Å². The second kappa shape index (κ2) is 5.69. The molecule has 1 fully saturated rings. The fourth-order valence-electron chi connectivity index (χ4n) is 1.95. The van der Waals surface area contributed by atoms with Gasteiger partial charge in [-0.2, -0.15) is 11.8 Å². The topological polar surface area (TPSA) is 38.0 Å². The molecule has 0 spiro atoms. The summed E-state index contributed by atoms with van der Waals surface area (Å²) in [7, 11) is 0. The Hall–Kier alpha value is -0.810. The number of hydrogen-bond donors (Lipinski definition) is 2. The number of hydrogen-bond acceptors (Lipinski definition) is 3. The van der Waals surface area contributed by atoms with Crippen LogP contribution in [0.2, 0.25) is 0 Å². The Kier molecular flexibility index (Phi) is 4.23. The summed E-state index contributed by atoms with van der Waals surface area (Å²) in [6, 6.07) is 4.86. The van der Waals surface area contributed by atoms with Crippen LogP contribution in [-0.2, 0) is 0 Å². The number of nitrogens with one attached hydrogen (secondary N) is 1. The number of nitrogens with two attached hydrogens (primary N) is 1. The summed E-state index contributed by atoms with van der Waals surface area (Å²) in [4.78, 5) is 0.102. The van der Waals surface area contributed by atoms with E-state index in [4.69, 9.17) is 18.0 Å². The van der Waals surface area contributed by atoms with Crippen molar-refractivity contribution in [1.29, 1.82) is 0 Å². The predicted octanol–water partition coefficient (Wildman–Crippen LogP) is 2.77. The molecule has 0 aliphatic carbocycles. The third kappa shape index (κ3) is 3.10. The molecule has 1 aromatic rings. The molecule has 0 amide bonds. The molecule has 1 saturated heterocycles. The molecule has 1 unspecified atom stereocenters. The Morgan fingerprint density at radius 2 is 2.41 bits per heavy atom. The van der Waals surface area contributed by atoms with E-state index in [1.165, 1.54) is 24.7 Å². The lowest BCUT2D eigenvalue weighted by molar-refractivity contribution is 0.626. The van der Waals surface area contributed by atoms with E-state index < -0.39 is 0 Å². The van der Waals surface area contributed by atoms with E-state index in [-0.39, 0.29) is 10.8 Å². The van der Waals surface area contributed by atoms with Crippen LogP contribution in [0.15, 0.2) is 18.2 Å². The summed E-state index contributed by atoms with van der Waals surface area (Å²) in [6.07, 6.45) is 2.48. The quantitative estimate of drug-likeness (QED) is 0.825. The lowest BCUT2D eigenvalue weighted by Crippen LogP contribution is -2.19. The lowest BCUT2D eigenvalue weighted by Gasteiger charge is -2.14. The first kappa shape index (κ1) is 12.6. The number of halogens is 1. The van der Waals surface area contributed by atoms with Gasteiger partial charge in [0.05, 0.1) is 5.56 Å². The smallest absolute Gasteiger partial charge is 0.135 e. The van der Waals surface area contributed by atoms with Gasteiger partial charge in [-0.15, -0.1) is 0 Å². The minimum atomic E-state index is -0.360. The normalized spacial score (nSPS) is 19.2. The Morgan fingerprint density at radius 3 is 3.06 bits per heavy atom. The number of rotatable bonds is 4. The molecule has 92 valence electrons. The molecular weight excluding hydrogens is 255 g/mol. The lowest BCUT2D eigenvalue weighted by atomic mass is 10.1. The largest absolute Gasteiger partial charge is 0.389 e. The Bertz CT molecular complexity index is 417. The van der Waals surface area contributed by atoms with Crippen molar-refractivity contribution >= 4 is 34.7 Å². The van der Waals surface area contributed by atoms with Gasteiger partial charge in [-0.3, -0.25) is 0 Å². The van der Waals surface area contributed by atoms with Gasteiger partial charge in [-0.25, -0.2) is 4.39 Å². The Morgan fingerprint density at radius 1 is 1.59 bits per heavy atom. The van der Waals surface area contributed by atoms with Gasteiger partial charge < -0.3 is 11.1 Å². The average molecular weight is 270 g/mol. The number of thiocarbonyl (C=S) groups is 1. The molecule has 0 aromatic heterocycles. The van der Waals surface area contributed by atoms with Gasteiger partial charge in [-0.1, -0.05) is 18.3 Å². The molecule has 1 heterocycles. The molecule has 3 N–H and O–H groups in total. The molecule has 1 atom stereocenters. The second-order valence-electron chi connectivity index (χ2n) is 4.04. The molecule has 2 rings (SSSR count). The molecule has 2 nitrogen and oxygen atoms in total. The van der Waals surface area contributed by atoms with Crippen LogP contribution in [0.1, 0.15) is 18.4 Å². The van der Waals surface area contributed by atoms with E-state index in [1.807, 2.05) is 17.8 Å². The predicted molar refractivity (Wildman–Crippen MR) is 76.3 cm³/mol. The van der Waals surface area contributed by atoms with Gasteiger partial charge in [0.2, 0.25) is 0 Å². The summed E-state index contributed by atoms with van der Waals surface area (Å²) in [5.74, 6) is 0.860. The van der Waals surface area contributed by atoms with Gasteiger partial charge in [-0.05, 0) is 30.7 Å². The maximum atomic E-state index is 13.6. The van der Waals surface area contributed by atoms with Crippen molar-refractivity contribution in [3.8, 4) is 0 Å². The monoisotopic (exact) mass is 270 g/mol. The van der Waals surface area contributed by atoms with Crippen molar-refractivity contribution in [1.82, 2.24) is 0 Å². The standard InChI is InChI=1S/C12H15FN2S2/c13-9-4-1-5-10(11(9)12(14)16)15-7-8-3-2-6-17-8/h1,4-5,8,15H,2-3,6-7H2,(H2,14,16). The van der Waals surface area contributed by atoms with Gasteiger partial charge in [0.25, 0.3) is 0 Å². The molecule has 17 heavy (non-hydrogen) atoms. The van der Waals surface area contributed by atoms with Crippen molar-refractivity contribution in [2.75, 3.05) is 17.6 Å². The molecule has 1 aromatic carbocycles. The Labute approximate surface area is 110 Å². The maximum absolute atomic E-state index is 13.6. The van der Waals surface area contributed by atoms with Crippen LogP contribution in [0.25, 0.3) is 0 Å². The van der Waals surface area contributed by atoms with Crippen LogP contribution in [0.4, 0.5) is 10.1 Å². The average Bonchev–Trinajstić information content (AvgIpc) is 2.78. The van der Waals surface area contributed by atoms with Crippen molar-refractivity contribution in [3.63, 3.8) is 0 Å². The first-order valence-electron chi connectivity index (χ1n) is 5.62.